The first-order valence-corrected chi connectivity index (χ1v) is 6.03. The summed E-state index contributed by atoms with van der Waals surface area (Å²) in [5, 5.41) is 17.6. The second kappa shape index (κ2) is 5.61. The standard InChI is InChI=1S/C13H11F3N2O3/c14-13(15,16)10-5-9(2-1-8(10)6-17)18-3-4-21-11(7-18)12(19)20/h1-2,5,11H,3-4,7H2,(H,19,20). The van der Waals surface area contributed by atoms with Crippen LogP contribution in [0.5, 0.6) is 0 Å². The molecule has 0 radical (unpaired) electrons. The highest BCUT2D eigenvalue weighted by Crippen LogP contribution is 2.34. The van der Waals surface area contributed by atoms with Crippen LogP contribution >= 0.6 is 0 Å². The lowest BCUT2D eigenvalue weighted by Gasteiger charge is -2.33. The van der Waals surface area contributed by atoms with Crippen molar-refractivity contribution in [3.63, 3.8) is 0 Å². The van der Waals surface area contributed by atoms with Crippen molar-refractivity contribution in [3.05, 3.63) is 29.3 Å². The van der Waals surface area contributed by atoms with E-state index in [2.05, 4.69) is 0 Å². The molecule has 0 bridgehead atoms. The number of halogens is 3. The maximum absolute atomic E-state index is 12.9. The number of aliphatic carboxylic acids is 1. The molecule has 0 saturated carbocycles. The summed E-state index contributed by atoms with van der Waals surface area (Å²) in [6.07, 6.45) is -5.72. The third kappa shape index (κ3) is 3.25. The maximum Gasteiger partial charge on any atom is 0.417 e. The predicted octanol–water partition coefficient (Wildman–Crippen LogP) is 1.87. The Balaban J connectivity index is 2.33. The van der Waals surface area contributed by atoms with Crippen molar-refractivity contribution in [1.82, 2.24) is 0 Å². The summed E-state index contributed by atoms with van der Waals surface area (Å²) in [4.78, 5) is 12.4. The smallest absolute Gasteiger partial charge is 0.417 e. The minimum Gasteiger partial charge on any atom is -0.479 e. The molecular weight excluding hydrogens is 289 g/mol. The third-order valence-electron chi connectivity index (χ3n) is 3.14. The van der Waals surface area contributed by atoms with Crippen molar-refractivity contribution in [3.8, 4) is 6.07 Å². The summed E-state index contributed by atoms with van der Waals surface area (Å²) in [7, 11) is 0. The summed E-state index contributed by atoms with van der Waals surface area (Å²) in [5.41, 5.74) is -1.27. The number of morpholine rings is 1. The SMILES string of the molecule is N#Cc1ccc(N2CCOC(C(=O)O)C2)cc1C(F)(F)F. The van der Waals surface area contributed by atoms with Gasteiger partial charge in [-0.2, -0.15) is 18.4 Å². The Hall–Kier alpha value is -2.27. The highest BCUT2D eigenvalue weighted by molar-refractivity contribution is 5.73. The number of rotatable bonds is 2. The third-order valence-corrected chi connectivity index (χ3v) is 3.14. The number of nitrogens with zero attached hydrogens (tertiary/aromatic N) is 2. The van der Waals surface area contributed by atoms with Gasteiger partial charge in [-0.05, 0) is 18.2 Å². The van der Waals surface area contributed by atoms with Crippen molar-refractivity contribution in [1.29, 1.82) is 5.26 Å². The summed E-state index contributed by atoms with van der Waals surface area (Å²) in [6, 6.07) is 4.83. The van der Waals surface area contributed by atoms with Crippen LogP contribution in [-0.2, 0) is 15.7 Å². The molecule has 1 aromatic rings. The fourth-order valence-electron chi connectivity index (χ4n) is 2.09. The normalized spacial score (nSPS) is 19.1. The van der Waals surface area contributed by atoms with Crippen molar-refractivity contribution < 1.29 is 27.8 Å². The number of alkyl halides is 3. The summed E-state index contributed by atoms with van der Waals surface area (Å²) in [6.45, 7) is 0.351. The molecule has 1 fully saturated rings. The van der Waals surface area contributed by atoms with E-state index in [9.17, 15) is 18.0 Å². The van der Waals surface area contributed by atoms with Crippen LogP contribution in [0.1, 0.15) is 11.1 Å². The Bertz CT molecular complexity index is 595. The van der Waals surface area contributed by atoms with Gasteiger partial charge in [0, 0.05) is 12.2 Å². The van der Waals surface area contributed by atoms with E-state index in [-0.39, 0.29) is 25.4 Å². The largest absolute Gasteiger partial charge is 0.479 e. The van der Waals surface area contributed by atoms with Crippen molar-refractivity contribution in [2.75, 3.05) is 24.6 Å². The Morgan fingerprint density at radius 3 is 2.76 bits per heavy atom. The lowest BCUT2D eigenvalue weighted by molar-refractivity contribution is -0.151. The molecule has 1 aliphatic heterocycles. The number of hydrogen-bond acceptors (Lipinski definition) is 4. The van der Waals surface area contributed by atoms with E-state index in [1.54, 1.807) is 0 Å². The van der Waals surface area contributed by atoms with Crippen LogP contribution in [0.3, 0.4) is 0 Å². The maximum atomic E-state index is 12.9. The van der Waals surface area contributed by atoms with E-state index in [0.29, 0.717) is 0 Å². The van der Waals surface area contributed by atoms with Gasteiger partial charge in [0.1, 0.15) is 0 Å². The first-order chi connectivity index (χ1) is 9.82. The minimum atomic E-state index is -4.64. The number of carboxylic acid groups (broad SMARTS) is 1. The Kier molecular flexibility index (Phi) is 4.04. The zero-order chi connectivity index (χ0) is 15.6. The molecular formula is C13H11F3N2O3. The topological polar surface area (TPSA) is 73.6 Å². The molecule has 1 heterocycles. The van der Waals surface area contributed by atoms with Crippen LogP contribution in [0.4, 0.5) is 18.9 Å². The average molecular weight is 300 g/mol. The van der Waals surface area contributed by atoms with Crippen LogP contribution in [0, 0.1) is 11.3 Å². The highest BCUT2D eigenvalue weighted by Gasteiger charge is 2.35. The van der Waals surface area contributed by atoms with Crippen LogP contribution in [0.15, 0.2) is 18.2 Å². The molecule has 8 heteroatoms. The van der Waals surface area contributed by atoms with Crippen LogP contribution in [-0.4, -0.2) is 36.9 Å². The fourth-order valence-corrected chi connectivity index (χ4v) is 2.09. The van der Waals surface area contributed by atoms with Gasteiger partial charge in [-0.25, -0.2) is 4.79 Å². The molecule has 2 rings (SSSR count). The Labute approximate surface area is 118 Å². The second-order valence-electron chi connectivity index (χ2n) is 4.48. The quantitative estimate of drug-likeness (QED) is 0.902. The molecule has 1 saturated heterocycles. The molecule has 0 amide bonds. The van der Waals surface area contributed by atoms with Crippen molar-refractivity contribution in [2.24, 2.45) is 0 Å². The monoisotopic (exact) mass is 300 g/mol. The van der Waals surface area contributed by atoms with Gasteiger partial charge in [0.25, 0.3) is 0 Å². The summed E-state index contributed by atoms with van der Waals surface area (Å²) in [5.74, 6) is -1.16. The van der Waals surface area contributed by atoms with Gasteiger partial charge in [-0.3, -0.25) is 0 Å². The zero-order valence-corrected chi connectivity index (χ0v) is 10.7. The van der Waals surface area contributed by atoms with E-state index >= 15 is 0 Å². The molecule has 1 aliphatic rings. The number of hydrogen-bond donors (Lipinski definition) is 1. The lowest BCUT2D eigenvalue weighted by atomic mass is 10.1. The molecule has 5 nitrogen and oxygen atoms in total. The van der Waals surface area contributed by atoms with Crippen LogP contribution in [0.2, 0.25) is 0 Å². The first kappa shape index (κ1) is 15.1. The number of carbonyl (C=O) groups is 1. The molecule has 1 N–H and O–H groups in total. The van der Waals surface area contributed by atoms with E-state index in [1.807, 2.05) is 0 Å². The minimum absolute atomic E-state index is 0.0431. The van der Waals surface area contributed by atoms with Gasteiger partial charge >= 0.3 is 12.1 Å². The molecule has 0 spiro atoms. The molecule has 0 aromatic heterocycles. The van der Waals surface area contributed by atoms with E-state index in [0.717, 1.165) is 12.1 Å². The molecule has 1 atom stereocenters. The molecule has 1 unspecified atom stereocenters. The number of nitriles is 1. The summed E-state index contributed by atoms with van der Waals surface area (Å²) < 4.78 is 43.7. The van der Waals surface area contributed by atoms with E-state index < -0.39 is 29.4 Å². The molecule has 21 heavy (non-hydrogen) atoms. The van der Waals surface area contributed by atoms with Gasteiger partial charge < -0.3 is 14.7 Å². The van der Waals surface area contributed by atoms with Gasteiger partial charge in [-0.1, -0.05) is 0 Å². The fraction of sp³-hybridized carbons (Fsp3) is 0.385. The van der Waals surface area contributed by atoms with Crippen LogP contribution < -0.4 is 4.90 Å². The van der Waals surface area contributed by atoms with Gasteiger partial charge in [-0.15, -0.1) is 0 Å². The van der Waals surface area contributed by atoms with Crippen molar-refractivity contribution >= 4 is 11.7 Å². The van der Waals surface area contributed by atoms with E-state index in [1.165, 1.54) is 17.0 Å². The second-order valence-corrected chi connectivity index (χ2v) is 4.48. The predicted molar refractivity (Wildman–Crippen MR) is 65.7 cm³/mol. The number of benzene rings is 1. The number of anilines is 1. The molecule has 0 aliphatic carbocycles. The first-order valence-electron chi connectivity index (χ1n) is 6.03. The molecule has 1 aromatic carbocycles. The van der Waals surface area contributed by atoms with Crippen LogP contribution in [0.25, 0.3) is 0 Å². The zero-order valence-electron chi connectivity index (χ0n) is 10.7. The molecule has 112 valence electrons. The Morgan fingerprint density at radius 2 is 2.19 bits per heavy atom. The lowest BCUT2D eigenvalue weighted by Crippen LogP contribution is -2.46. The van der Waals surface area contributed by atoms with Crippen molar-refractivity contribution in [2.45, 2.75) is 12.3 Å². The Morgan fingerprint density at radius 1 is 1.48 bits per heavy atom. The van der Waals surface area contributed by atoms with Gasteiger partial charge in [0.15, 0.2) is 6.10 Å². The van der Waals surface area contributed by atoms with Gasteiger partial charge in [0.2, 0.25) is 0 Å². The number of ether oxygens (including phenoxy) is 1. The average Bonchev–Trinajstić information content (AvgIpc) is 2.45. The highest BCUT2D eigenvalue weighted by atomic mass is 19.4. The van der Waals surface area contributed by atoms with E-state index in [4.69, 9.17) is 15.1 Å². The van der Waals surface area contributed by atoms with Gasteiger partial charge in [0.05, 0.1) is 30.3 Å². The summed E-state index contributed by atoms with van der Waals surface area (Å²) >= 11 is 0. The number of carboxylic acids is 1.